The van der Waals surface area contributed by atoms with Gasteiger partial charge in [-0.1, -0.05) is 37.6 Å². The van der Waals surface area contributed by atoms with E-state index in [9.17, 15) is 5.11 Å². The summed E-state index contributed by atoms with van der Waals surface area (Å²) < 4.78 is 0. The maximum absolute atomic E-state index is 10.3. The molecule has 2 nitrogen and oxygen atoms in total. The second kappa shape index (κ2) is 4.52. The highest BCUT2D eigenvalue weighted by molar-refractivity contribution is 6.35. The smallest absolute Gasteiger partial charge is 0.0895 e. The SMILES string of the molecule is CC(C)c1cc(C(C)(C)O)c2cccc(Cl)c2n1. The molecule has 1 aromatic heterocycles. The van der Waals surface area contributed by atoms with Crippen molar-refractivity contribution in [1.82, 2.24) is 4.98 Å². The molecule has 0 spiro atoms. The summed E-state index contributed by atoms with van der Waals surface area (Å²) in [6, 6.07) is 7.64. The van der Waals surface area contributed by atoms with Crippen LogP contribution >= 0.6 is 11.6 Å². The third-order valence-electron chi connectivity index (χ3n) is 3.06. The van der Waals surface area contributed by atoms with Gasteiger partial charge in [0.25, 0.3) is 0 Å². The van der Waals surface area contributed by atoms with Gasteiger partial charge in [-0.15, -0.1) is 0 Å². The summed E-state index contributed by atoms with van der Waals surface area (Å²) in [5.41, 5.74) is 1.68. The lowest BCUT2D eigenvalue weighted by molar-refractivity contribution is 0.0800. The first-order valence-corrected chi connectivity index (χ1v) is 6.50. The predicted molar refractivity (Wildman–Crippen MR) is 76.1 cm³/mol. The van der Waals surface area contributed by atoms with Crippen LogP contribution in [0.2, 0.25) is 5.02 Å². The van der Waals surface area contributed by atoms with Crippen LogP contribution in [0.15, 0.2) is 24.3 Å². The van der Waals surface area contributed by atoms with E-state index in [1.807, 2.05) is 24.3 Å². The van der Waals surface area contributed by atoms with E-state index in [0.29, 0.717) is 10.9 Å². The summed E-state index contributed by atoms with van der Waals surface area (Å²) in [6.45, 7) is 7.73. The Morgan fingerprint density at radius 3 is 2.50 bits per heavy atom. The van der Waals surface area contributed by atoms with Gasteiger partial charge in [-0.3, -0.25) is 4.98 Å². The number of halogens is 1. The minimum absolute atomic E-state index is 0.298. The molecule has 0 fully saturated rings. The minimum Gasteiger partial charge on any atom is -0.386 e. The van der Waals surface area contributed by atoms with Crippen LogP contribution in [0.4, 0.5) is 0 Å². The number of rotatable bonds is 2. The molecule has 0 saturated carbocycles. The fourth-order valence-corrected chi connectivity index (χ4v) is 2.25. The molecule has 1 aromatic carbocycles. The number of aromatic nitrogens is 1. The van der Waals surface area contributed by atoms with Crippen molar-refractivity contribution in [1.29, 1.82) is 0 Å². The van der Waals surface area contributed by atoms with Gasteiger partial charge in [0.05, 0.1) is 16.1 Å². The molecule has 2 aromatic rings. The Labute approximate surface area is 113 Å². The van der Waals surface area contributed by atoms with Gasteiger partial charge in [-0.2, -0.15) is 0 Å². The Morgan fingerprint density at radius 1 is 1.28 bits per heavy atom. The average Bonchev–Trinajstić information content (AvgIpc) is 2.27. The predicted octanol–water partition coefficient (Wildman–Crippen LogP) is 4.24. The van der Waals surface area contributed by atoms with Crippen LogP contribution in [0.1, 0.15) is 44.9 Å². The Kier molecular flexibility index (Phi) is 3.35. The third-order valence-corrected chi connectivity index (χ3v) is 3.37. The zero-order chi connectivity index (χ0) is 13.5. The monoisotopic (exact) mass is 263 g/mol. The van der Waals surface area contributed by atoms with Crippen LogP contribution < -0.4 is 0 Å². The second-order valence-corrected chi connectivity index (χ2v) is 5.85. The molecular weight excluding hydrogens is 246 g/mol. The molecule has 3 heteroatoms. The summed E-state index contributed by atoms with van der Waals surface area (Å²) >= 11 is 6.21. The van der Waals surface area contributed by atoms with Crippen LogP contribution in [-0.2, 0) is 5.60 Å². The first kappa shape index (κ1) is 13.3. The molecule has 1 N–H and O–H groups in total. The van der Waals surface area contributed by atoms with Crippen molar-refractivity contribution >= 4 is 22.5 Å². The van der Waals surface area contributed by atoms with Crippen molar-refractivity contribution in [2.75, 3.05) is 0 Å². The molecule has 96 valence electrons. The van der Waals surface area contributed by atoms with Gasteiger partial charge in [0.15, 0.2) is 0 Å². The molecule has 1 heterocycles. The summed E-state index contributed by atoms with van der Waals surface area (Å²) in [5.74, 6) is 0.298. The first-order valence-electron chi connectivity index (χ1n) is 6.12. The molecule has 0 bridgehead atoms. The number of hydrogen-bond donors (Lipinski definition) is 1. The highest BCUT2D eigenvalue weighted by Crippen LogP contribution is 2.33. The molecular formula is C15H18ClNO. The minimum atomic E-state index is -0.907. The zero-order valence-corrected chi connectivity index (χ0v) is 11.9. The van der Waals surface area contributed by atoms with Crippen LogP contribution in [-0.4, -0.2) is 10.1 Å². The van der Waals surface area contributed by atoms with E-state index in [0.717, 1.165) is 22.2 Å². The van der Waals surface area contributed by atoms with E-state index in [1.165, 1.54) is 0 Å². The summed E-state index contributed by atoms with van der Waals surface area (Å²) in [5, 5.41) is 11.9. The highest BCUT2D eigenvalue weighted by atomic mass is 35.5. The molecule has 0 atom stereocenters. The van der Waals surface area contributed by atoms with E-state index in [2.05, 4.69) is 18.8 Å². The molecule has 18 heavy (non-hydrogen) atoms. The average molecular weight is 264 g/mol. The van der Waals surface area contributed by atoms with Crippen molar-refractivity contribution in [3.63, 3.8) is 0 Å². The quantitative estimate of drug-likeness (QED) is 0.879. The maximum atomic E-state index is 10.3. The number of pyridine rings is 1. The lowest BCUT2D eigenvalue weighted by atomic mass is 9.92. The zero-order valence-electron chi connectivity index (χ0n) is 11.2. The number of nitrogens with zero attached hydrogens (tertiary/aromatic N) is 1. The van der Waals surface area contributed by atoms with Crippen LogP contribution in [0.25, 0.3) is 10.9 Å². The van der Waals surface area contributed by atoms with E-state index in [1.54, 1.807) is 13.8 Å². The van der Waals surface area contributed by atoms with Gasteiger partial charge in [0.1, 0.15) is 0 Å². The lowest BCUT2D eigenvalue weighted by Gasteiger charge is -2.22. The molecule has 0 aliphatic carbocycles. The van der Waals surface area contributed by atoms with Gasteiger partial charge >= 0.3 is 0 Å². The molecule has 2 rings (SSSR count). The Morgan fingerprint density at radius 2 is 1.94 bits per heavy atom. The van der Waals surface area contributed by atoms with Gasteiger partial charge in [0.2, 0.25) is 0 Å². The Hall–Kier alpha value is -1.12. The number of benzene rings is 1. The molecule has 0 aliphatic heterocycles. The van der Waals surface area contributed by atoms with Crippen molar-refractivity contribution in [2.24, 2.45) is 0 Å². The topological polar surface area (TPSA) is 33.1 Å². The standard InChI is InChI=1S/C15H18ClNO/c1-9(2)13-8-11(15(3,4)18)10-6-5-7-12(16)14(10)17-13/h5-9,18H,1-4H3. The molecule has 0 unspecified atom stereocenters. The number of hydrogen-bond acceptors (Lipinski definition) is 2. The van der Waals surface area contributed by atoms with Crippen LogP contribution in [0, 0.1) is 0 Å². The van der Waals surface area contributed by atoms with Crippen molar-refractivity contribution in [3.8, 4) is 0 Å². The van der Waals surface area contributed by atoms with Crippen LogP contribution in [0.5, 0.6) is 0 Å². The Balaban J connectivity index is 2.86. The normalized spacial score (nSPS) is 12.4. The van der Waals surface area contributed by atoms with E-state index >= 15 is 0 Å². The van der Waals surface area contributed by atoms with Gasteiger partial charge in [-0.05, 0) is 37.5 Å². The second-order valence-electron chi connectivity index (χ2n) is 5.44. The number of fused-ring (bicyclic) bond motifs is 1. The molecule has 0 radical (unpaired) electrons. The fourth-order valence-electron chi connectivity index (χ4n) is 2.04. The van der Waals surface area contributed by atoms with Crippen molar-refractivity contribution in [3.05, 3.63) is 40.5 Å². The maximum Gasteiger partial charge on any atom is 0.0895 e. The number of para-hydroxylation sites is 1. The molecule has 0 amide bonds. The third kappa shape index (κ3) is 2.36. The largest absolute Gasteiger partial charge is 0.386 e. The van der Waals surface area contributed by atoms with Gasteiger partial charge in [-0.25, -0.2) is 0 Å². The van der Waals surface area contributed by atoms with Gasteiger partial charge < -0.3 is 5.11 Å². The van der Waals surface area contributed by atoms with E-state index in [4.69, 9.17) is 11.6 Å². The number of aliphatic hydroxyl groups is 1. The highest BCUT2D eigenvalue weighted by Gasteiger charge is 2.21. The molecule has 0 aliphatic rings. The van der Waals surface area contributed by atoms with E-state index in [-0.39, 0.29) is 0 Å². The van der Waals surface area contributed by atoms with E-state index < -0.39 is 5.60 Å². The Bertz CT molecular complexity index is 585. The lowest BCUT2D eigenvalue weighted by Crippen LogP contribution is -2.17. The van der Waals surface area contributed by atoms with Crippen LogP contribution in [0.3, 0.4) is 0 Å². The summed E-state index contributed by atoms with van der Waals surface area (Å²) in [7, 11) is 0. The fraction of sp³-hybridized carbons (Fsp3) is 0.400. The first-order chi connectivity index (χ1) is 8.30. The molecule has 0 saturated heterocycles. The summed E-state index contributed by atoms with van der Waals surface area (Å²) in [4.78, 5) is 4.61. The van der Waals surface area contributed by atoms with Gasteiger partial charge in [0, 0.05) is 11.1 Å². The summed E-state index contributed by atoms with van der Waals surface area (Å²) in [6.07, 6.45) is 0. The van der Waals surface area contributed by atoms with Crippen molar-refractivity contribution < 1.29 is 5.11 Å². The van der Waals surface area contributed by atoms with Crippen molar-refractivity contribution in [2.45, 2.75) is 39.2 Å².